The van der Waals surface area contributed by atoms with E-state index in [-0.39, 0.29) is 23.8 Å². The number of piperidine rings is 1. The first-order valence-electron chi connectivity index (χ1n) is 12.6. The van der Waals surface area contributed by atoms with Gasteiger partial charge in [0, 0.05) is 18.5 Å². The summed E-state index contributed by atoms with van der Waals surface area (Å²) in [4.78, 5) is 27.9. The number of amides is 1. The molecule has 39 heavy (non-hydrogen) atoms. The number of rotatable bonds is 10. The second kappa shape index (κ2) is 11.8. The lowest BCUT2D eigenvalue weighted by Crippen LogP contribution is -2.57. The second-order valence-electron chi connectivity index (χ2n) is 9.31. The third-order valence-electron chi connectivity index (χ3n) is 6.73. The van der Waals surface area contributed by atoms with E-state index >= 15 is 0 Å². The summed E-state index contributed by atoms with van der Waals surface area (Å²) in [6, 6.07) is 14.9. The number of carbonyl (C=O) groups is 2. The average Bonchev–Trinajstić information content (AvgIpc) is 2.92. The predicted octanol–water partition coefficient (Wildman–Crippen LogP) is 2.58. The summed E-state index contributed by atoms with van der Waals surface area (Å²) in [5.74, 6) is -0.449. The van der Waals surface area contributed by atoms with Gasteiger partial charge in [0.1, 0.15) is 23.7 Å². The topological polar surface area (TPSA) is 152 Å². The van der Waals surface area contributed by atoms with Crippen LogP contribution in [0.25, 0.3) is 10.8 Å². The summed E-state index contributed by atoms with van der Waals surface area (Å²) in [7, 11) is -2.47. The maximum Gasteiger partial charge on any atom is 0.329 e. The van der Waals surface area contributed by atoms with Gasteiger partial charge in [0.15, 0.2) is 0 Å². The molecule has 2 atom stereocenters. The molecule has 0 aliphatic carbocycles. The molecule has 1 aliphatic heterocycles. The fourth-order valence-corrected chi connectivity index (χ4v) is 5.93. The van der Waals surface area contributed by atoms with Gasteiger partial charge in [-0.3, -0.25) is 10.2 Å². The largest absolute Gasteiger partial charge is 0.497 e. The number of likely N-dealkylation sites (tertiary alicyclic amines) is 1. The van der Waals surface area contributed by atoms with E-state index in [0.29, 0.717) is 36.1 Å². The fraction of sp³-hybridized carbons (Fsp3) is 0.321. The monoisotopic (exact) mass is 552 g/mol. The number of fused-ring (bicyclic) bond motifs is 1. The van der Waals surface area contributed by atoms with Crippen LogP contribution in [0.4, 0.5) is 0 Å². The van der Waals surface area contributed by atoms with Crippen LogP contribution in [0.1, 0.15) is 30.9 Å². The molecule has 2 unspecified atom stereocenters. The average molecular weight is 553 g/mol. The highest BCUT2D eigenvalue weighted by Gasteiger charge is 2.39. The summed E-state index contributed by atoms with van der Waals surface area (Å²) in [5, 5.41) is 9.10. The van der Waals surface area contributed by atoms with E-state index in [4.69, 9.17) is 20.6 Å². The number of nitrogens with zero attached hydrogens (tertiary/aromatic N) is 1. The SMILES string of the molecule is CCOC(=O)C(Cc1ccc(C(=N)N)cc1)N1CCCC(NS(=O)(=O)c2ccc3cc(OC)ccc3c2)C1=O. The van der Waals surface area contributed by atoms with Crippen LogP contribution in [0.2, 0.25) is 0 Å². The van der Waals surface area contributed by atoms with Gasteiger partial charge in [-0.1, -0.05) is 36.4 Å². The quantitative estimate of drug-likeness (QED) is 0.199. The van der Waals surface area contributed by atoms with Crippen molar-refractivity contribution < 1.29 is 27.5 Å². The lowest BCUT2D eigenvalue weighted by Gasteiger charge is -2.37. The van der Waals surface area contributed by atoms with Gasteiger partial charge in [0.2, 0.25) is 15.9 Å². The number of esters is 1. The number of nitrogen functional groups attached to an aromatic ring is 1. The Hall–Kier alpha value is -3.96. The zero-order valence-corrected chi connectivity index (χ0v) is 22.7. The zero-order chi connectivity index (χ0) is 28.2. The lowest BCUT2D eigenvalue weighted by atomic mass is 9.98. The molecule has 1 amide bonds. The number of ether oxygens (including phenoxy) is 2. The van der Waals surface area contributed by atoms with E-state index in [2.05, 4.69) is 4.72 Å². The Kier molecular flexibility index (Phi) is 8.51. The maximum absolute atomic E-state index is 13.5. The molecule has 0 aromatic heterocycles. The van der Waals surface area contributed by atoms with Gasteiger partial charge in [0.05, 0.1) is 18.6 Å². The Morgan fingerprint density at radius 2 is 1.82 bits per heavy atom. The van der Waals surface area contributed by atoms with Crippen molar-refractivity contribution in [3.05, 3.63) is 71.8 Å². The molecule has 1 heterocycles. The van der Waals surface area contributed by atoms with Crippen molar-refractivity contribution in [1.82, 2.24) is 9.62 Å². The van der Waals surface area contributed by atoms with Gasteiger partial charge >= 0.3 is 5.97 Å². The summed E-state index contributed by atoms with van der Waals surface area (Å²) >= 11 is 0. The molecular weight excluding hydrogens is 520 g/mol. The van der Waals surface area contributed by atoms with Crippen molar-refractivity contribution in [3.63, 3.8) is 0 Å². The zero-order valence-electron chi connectivity index (χ0n) is 21.8. The molecule has 0 bridgehead atoms. The van der Waals surface area contributed by atoms with E-state index in [1.807, 2.05) is 6.07 Å². The van der Waals surface area contributed by atoms with Gasteiger partial charge in [-0.05, 0) is 60.4 Å². The third kappa shape index (κ3) is 6.37. The molecule has 0 radical (unpaired) electrons. The van der Waals surface area contributed by atoms with Crippen LogP contribution < -0.4 is 15.2 Å². The first kappa shape index (κ1) is 28.1. The molecule has 10 nitrogen and oxygen atoms in total. The van der Waals surface area contributed by atoms with Crippen molar-refractivity contribution in [2.75, 3.05) is 20.3 Å². The molecule has 0 spiro atoms. The van der Waals surface area contributed by atoms with Crippen LogP contribution in [0.15, 0.2) is 65.6 Å². The van der Waals surface area contributed by atoms with Crippen LogP contribution in [0.3, 0.4) is 0 Å². The minimum Gasteiger partial charge on any atom is -0.497 e. The molecule has 3 aromatic carbocycles. The summed E-state index contributed by atoms with van der Waals surface area (Å²) in [5.41, 5.74) is 6.83. The van der Waals surface area contributed by atoms with Crippen LogP contribution in [-0.4, -0.2) is 63.4 Å². The van der Waals surface area contributed by atoms with E-state index in [9.17, 15) is 18.0 Å². The lowest BCUT2D eigenvalue weighted by molar-refractivity contribution is -0.156. The molecule has 1 saturated heterocycles. The van der Waals surface area contributed by atoms with Crippen molar-refractivity contribution in [3.8, 4) is 5.75 Å². The van der Waals surface area contributed by atoms with Crippen LogP contribution >= 0.6 is 0 Å². The number of carbonyl (C=O) groups excluding carboxylic acids is 2. The highest BCUT2D eigenvalue weighted by Crippen LogP contribution is 2.25. The standard InChI is InChI=1S/C28H32N4O6S/c1-3-38-28(34)25(15-18-6-8-19(9-7-18)26(29)30)32-14-4-5-24(27(32)33)31-39(35,36)23-13-11-20-16-22(37-2)12-10-21(20)17-23/h6-13,16-17,24-25,31H,3-5,14-15H2,1-2H3,(H3,29,30). The fourth-order valence-electron chi connectivity index (χ4n) is 4.67. The van der Waals surface area contributed by atoms with Gasteiger partial charge in [-0.25, -0.2) is 13.2 Å². The van der Waals surface area contributed by atoms with Crippen molar-refractivity contribution >= 4 is 38.5 Å². The van der Waals surface area contributed by atoms with Crippen molar-refractivity contribution in [1.29, 1.82) is 5.41 Å². The third-order valence-corrected chi connectivity index (χ3v) is 8.20. The first-order valence-corrected chi connectivity index (χ1v) is 14.1. The van der Waals surface area contributed by atoms with Crippen LogP contribution in [0, 0.1) is 5.41 Å². The van der Waals surface area contributed by atoms with Crippen molar-refractivity contribution in [2.45, 2.75) is 43.2 Å². The van der Waals surface area contributed by atoms with Gasteiger partial charge in [0.25, 0.3) is 0 Å². The number of nitrogens with one attached hydrogen (secondary N) is 2. The molecule has 0 saturated carbocycles. The van der Waals surface area contributed by atoms with Gasteiger partial charge in [-0.15, -0.1) is 0 Å². The van der Waals surface area contributed by atoms with Crippen LogP contribution in [-0.2, 0) is 30.8 Å². The minimum atomic E-state index is -4.03. The minimum absolute atomic E-state index is 0.0394. The smallest absolute Gasteiger partial charge is 0.329 e. The number of methoxy groups -OCH3 is 1. The van der Waals surface area contributed by atoms with E-state index < -0.39 is 34.0 Å². The first-order chi connectivity index (χ1) is 18.6. The normalized spacial score (nSPS) is 16.6. The number of sulfonamides is 1. The summed E-state index contributed by atoms with van der Waals surface area (Å²) in [6.45, 7) is 2.12. The number of amidine groups is 1. The number of hydrogen-bond donors (Lipinski definition) is 3. The highest BCUT2D eigenvalue weighted by atomic mass is 32.2. The Morgan fingerprint density at radius 3 is 2.49 bits per heavy atom. The van der Waals surface area contributed by atoms with Crippen molar-refractivity contribution in [2.24, 2.45) is 5.73 Å². The Bertz CT molecular complexity index is 1490. The predicted molar refractivity (Wildman–Crippen MR) is 147 cm³/mol. The number of benzene rings is 3. The molecule has 1 fully saturated rings. The van der Waals surface area contributed by atoms with E-state index in [1.54, 1.807) is 62.6 Å². The maximum atomic E-state index is 13.5. The highest BCUT2D eigenvalue weighted by molar-refractivity contribution is 7.89. The Labute approximate surface area is 227 Å². The summed E-state index contributed by atoms with van der Waals surface area (Å²) in [6.07, 6.45) is 0.994. The second-order valence-corrected chi connectivity index (χ2v) is 11.0. The molecule has 4 rings (SSSR count). The van der Waals surface area contributed by atoms with E-state index in [0.717, 1.165) is 10.9 Å². The van der Waals surface area contributed by atoms with E-state index in [1.165, 1.54) is 11.0 Å². The summed E-state index contributed by atoms with van der Waals surface area (Å²) < 4.78 is 39.6. The molecular formula is C28H32N4O6S. The molecule has 1 aliphatic rings. The number of nitrogens with two attached hydrogens (primary N) is 1. The molecule has 4 N–H and O–H groups in total. The van der Waals surface area contributed by atoms with Gasteiger partial charge < -0.3 is 20.1 Å². The molecule has 11 heteroatoms. The Morgan fingerprint density at radius 1 is 1.13 bits per heavy atom. The van der Waals surface area contributed by atoms with Crippen LogP contribution in [0.5, 0.6) is 5.75 Å². The molecule has 206 valence electrons. The Balaban J connectivity index is 1.55. The molecule has 3 aromatic rings. The number of hydrogen-bond acceptors (Lipinski definition) is 7. The van der Waals surface area contributed by atoms with Gasteiger partial charge in [-0.2, -0.15) is 4.72 Å².